The van der Waals surface area contributed by atoms with Gasteiger partial charge in [-0.05, 0) is 23.3 Å². The number of methoxy groups -OCH3 is 1. The molecule has 4 nitrogen and oxygen atoms in total. The van der Waals surface area contributed by atoms with E-state index in [2.05, 4.69) is 0 Å². The number of ether oxygens (including phenoxy) is 2. The summed E-state index contributed by atoms with van der Waals surface area (Å²) in [5, 5.41) is 0. The van der Waals surface area contributed by atoms with Gasteiger partial charge in [0.2, 0.25) is 5.78 Å². The first-order chi connectivity index (χ1) is 13.2. The summed E-state index contributed by atoms with van der Waals surface area (Å²) in [5.41, 5.74) is 2.03. The van der Waals surface area contributed by atoms with E-state index in [9.17, 15) is 9.59 Å². The van der Waals surface area contributed by atoms with Crippen LogP contribution in [0.15, 0.2) is 84.9 Å². The van der Waals surface area contributed by atoms with Crippen LogP contribution in [0.5, 0.6) is 5.75 Å². The van der Waals surface area contributed by atoms with E-state index in [0.29, 0.717) is 11.3 Å². The highest BCUT2D eigenvalue weighted by Crippen LogP contribution is 2.26. The van der Waals surface area contributed by atoms with Gasteiger partial charge in [-0.2, -0.15) is 0 Å². The smallest absolute Gasteiger partial charge is 0.318 e. The zero-order chi connectivity index (χ0) is 19.1. The molecule has 0 aliphatic heterocycles. The van der Waals surface area contributed by atoms with Crippen LogP contribution in [0.1, 0.15) is 27.4 Å². The van der Waals surface area contributed by atoms with Gasteiger partial charge in [0, 0.05) is 0 Å². The summed E-state index contributed by atoms with van der Waals surface area (Å²) >= 11 is 0. The second-order valence-electron chi connectivity index (χ2n) is 5.99. The molecule has 0 aliphatic rings. The lowest BCUT2D eigenvalue weighted by Crippen LogP contribution is -2.21. The minimum atomic E-state index is -0.585. The van der Waals surface area contributed by atoms with Crippen molar-refractivity contribution in [2.24, 2.45) is 0 Å². The van der Waals surface area contributed by atoms with Crippen LogP contribution < -0.4 is 4.74 Å². The Morgan fingerprint density at radius 1 is 0.778 bits per heavy atom. The molecular formula is C23H20O4. The molecule has 3 aromatic carbocycles. The van der Waals surface area contributed by atoms with E-state index in [1.807, 2.05) is 60.7 Å². The number of hydrogen-bond acceptors (Lipinski definition) is 4. The predicted octanol–water partition coefficient (Wildman–Crippen LogP) is 4.25. The molecule has 0 saturated heterocycles. The van der Waals surface area contributed by atoms with Crippen molar-refractivity contribution in [3.05, 3.63) is 102 Å². The third kappa shape index (κ3) is 4.42. The van der Waals surface area contributed by atoms with E-state index in [4.69, 9.17) is 9.47 Å². The maximum atomic E-state index is 12.8. The Morgan fingerprint density at radius 3 is 1.85 bits per heavy atom. The third-order valence-corrected chi connectivity index (χ3v) is 4.25. The van der Waals surface area contributed by atoms with Gasteiger partial charge in [-0.15, -0.1) is 0 Å². The van der Waals surface area contributed by atoms with Crippen LogP contribution in [0.2, 0.25) is 0 Å². The van der Waals surface area contributed by atoms with Crippen LogP contribution >= 0.6 is 0 Å². The minimum absolute atomic E-state index is 0.305. The lowest BCUT2D eigenvalue weighted by atomic mass is 9.91. The van der Waals surface area contributed by atoms with Gasteiger partial charge in [0.25, 0.3) is 0 Å². The van der Waals surface area contributed by atoms with Crippen LogP contribution in [0.25, 0.3) is 0 Å². The number of rotatable bonds is 7. The summed E-state index contributed by atoms with van der Waals surface area (Å²) in [4.78, 5) is 25.3. The van der Waals surface area contributed by atoms with E-state index < -0.39 is 11.9 Å². The SMILES string of the molecule is COc1ccccc1C(=O)COC(=O)C(c1ccccc1)c1ccccc1. The molecule has 0 fully saturated rings. The molecule has 3 rings (SSSR count). The Labute approximate surface area is 158 Å². The topological polar surface area (TPSA) is 52.6 Å². The van der Waals surface area contributed by atoms with Crippen molar-refractivity contribution in [3.8, 4) is 5.75 Å². The summed E-state index contributed by atoms with van der Waals surface area (Å²) in [6.07, 6.45) is 0. The summed E-state index contributed by atoms with van der Waals surface area (Å²) < 4.78 is 10.6. The molecule has 0 unspecified atom stereocenters. The molecule has 0 aliphatic carbocycles. The van der Waals surface area contributed by atoms with E-state index in [-0.39, 0.29) is 12.4 Å². The molecule has 0 atom stereocenters. The average Bonchev–Trinajstić information content (AvgIpc) is 2.73. The number of carbonyl (C=O) groups excluding carboxylic acids is 2. The number of hydrogen-bond donors (Lipinski definition) is 0. The van der Waals surface area contributed by atoms with Crippen LogP contribution in [-0.2, 0) is 9.53 Å². The summed E-state index contributed by atoms with van der Waals surface area (Å²) in [6, 6.07) is 25.7. The second-order valence-corrected chi connectivity index (χ2v) is 5.99. The molecule has 0 aromatic heterocycles. The van der Waals surface area contributed by atoms with E-state index >= 15 is 0 Å². The Bertz CT molecular complexity index is 864. The Kier molecular flexibility index (Phi) is 6.00. The highest BCUT2D eigenvalue weighted by Gasteiger charge is 2.25. The number of esters is 1. The maximum Gasteiger partial charge on any atom is 0.318 e. The van der Waals surface area contributed by atoms with Gasteiger partial charge in [-0.25, -0.2) is 0 Å². The predicted molar refractivity (Wildman–Crippen MR) is 103 cm³/mol. The zero-order valence-electron chi connectivity index (χ0n) is 15.0. The number of Topliss-reactive ketones (excluding diaryl/α,β-unsaturated/α-hetero) is 1. The molecule has 0 spiro atoms. The van der Waals surface area contributed by atoms with Crippen molar-refractivity contribution in [1.82, 2.24) is 0 Å². The fourth-order valence-electron chi connectivity index (χ4n) is 2.93. The van der Waals surface area contributed by atoms with E-state index in [1.54, 1.807) is 24.3 Å². The Balaban J connectivity index is 1.78. The van der Waals surface area contributed by atoms with Gasteiger partial charge in [-0.3, -0.25) is 9.59 Å². The molecule has 0 radical (unpaired) electrons. The molecule has 0 saturated carbocycles. The first-order valence-corrected chi connectivity index (χ1v) is 8.63. The monoisotopic (exact) mass is 360 g/mol. The summed E-state index contributed by atoms with van der Waals surface area (Å²) in [7, 11) is 1.50. The molecule has 0 bridgehead atoms. The number of para-hydroxylation sites is 1. The van der Waals surface area contributed by atoms with Crippen LogP contribution in [0, 0.1) is 0 Å². The molecule has 0 heterocycles. The largest absolute Gasteiger partial charge is 0.496 e. The fourth-order valence-corrected chi connectivity index (χ4v) is 2.93. The molecule has 0 amide bonds. The number of carbonyl (C=O) groups is 2. The maximum absolute atomic E-state index is 12.8. The van der Waals surface area contributed by atoms with Crippen molar-refractivity contribution in [3.63, 3.8) is 0 Å². The van der Waals surface area contributed by atoms with Crippen molar-refractivity contribution >= 4 is 11.8 Å². The van der Waals surface area contributed by atoms with Crippen molar-refractivity contribution in [2.45, 2.75) is 5.92 Å². The lowest BCUT2D eigenvalue weighted by molar-refractivity contribution is -0.143. The first kappa shape index (κ1) is 18.4. The fraction of sp³-hybridized carbons (Fsp3) is 0.130. The second kappa shape index (κ2) is 8.81. The quantitative estimate of drug-likeness (QED) is 0.467. The average molecular weight is 360 g/mol. The van der Waals surface area contributed by atoms with Gasteiger partial charge in [-0.1, -0.05) is 72.8 Å². The van der Waals surface area contributed by atoms with Crippen LogP contribution in [0.4, 0.5) is 0 Å². The minimum Gasteiger partial charge on any atom is -0.496 e. The molecule has 3 aromatic rings. The molecular weight excluding hydrogens is 340 g/mol. The standard InChI is InChI=1S/C23H20O4/c1-26-21-15-9-8-14-19(21)20(24)16-27-23(25)22(17-10-4-2-5-11-17)18-12-6-3-7-13-18/h2-15,22H,16H2,1H3. The third-order valence-electron chi connectivity index (χ3n) is 4.25. The Hall–Kier alpha value is -3.40. The van der Waals surface area contributed by atoms with E-state index in [1.165, 1.54) is 7.11 Å². The van der Waals surface area contributed by atoms with Gasteiger partial charge >= 0.3 is 5.97 Å². The highest BCUT2D eigenvalue weighted by atomic mass is 16.5. The highest BCUT2D eigenvalue weighted by molar-refractivity contribution is 6.00. The molecule has 4 heteroatoms. The molecule has 0 N–H and O–H groups in total. The van der Waals surface area contributed by atoms with Gasteiger partial charge in [0.15, 0.2) is 6.61 Å². The lowest BCUT2D eigenvalue weighted by Gasteiger charge is -2.17. The zero-order valence-corrected chi connectivity index (χ0v) is 15.0. The van der Waals surface area contributed by atoms with Gasteiger partial charge < -0.3 is 9.47 Å². The van der Waals surface area contributed by atoms with Gasteiger partial charge in [0.05, 0.1) is 12.7 Å². The van der Waals surface area contributed by atoms with Crippen molar-refractivity contribution < 1.29 is 19.1 Å². The summed E-state index contributed by atoms with van der Waals surface area (Å²) in [6.45, 7) is -0.338. The van der Waals surface area contributed by atoms with Crippen molar-refractivity contribution in [1.29, 1.82) is 0 Å². The van der Waals surface area contributed by atoms with E-state index in [0.717, 1.165) is 11.1 Å². The molecule has 136 valence electrons. The van der Waals surface area contributed by atoms with Crippen LogP contribution in [-0.4, -0.2) is 25.5 Å². The number of ketones is 1. The van der Waals surface area contributed by atoms with Gasteiger partial charge in [0.1, 0.15) is 11.7 Å². The van der Waals surface area contributed by atoms with Crippen molar-refractivity contribution in [2.75, 3.05) is 13.7 Å². The Morgan fingerprint density at radius 2 is 1.30 bits per heavy atom. The normalized spacial score (nSPS) is 10.4. The number of benzene rings is 3. The summed E-state index contributed by atoms with van der Waals surface area (Å²) in [5.74, 6) is -0.893. The molecule has 27 heavy (non-hydrogen) atoms. The van der Waals surface area contributed by atoms with Crippen LogP contribution in [0.3, 0.4) is 0 Å². The first-order valence-electron chi connectivity index (χ1n) is 8.63.